The summed E-state index contributed by atoms with van der Waals surface area (Å²) in [5.74, 6) is 1.64. The van der Waals surface area contributed by atoms with E-state index in [0.717, 1.165) is 35.9 Å². The Hall–Kier alpha value is -2.89. The lowest BCUT2D eigenvalue weighted by atomic mass is 10.1. The molecule has 0 bridgehead atoms. The number of likely N-dealkylation sites (N-methyl/N-ethyl adjacent to an activating group) is 1. The van der Waals surface area contributed by atoms with Gasteiger partial charge in [-0.3, -0.25) is 9.36 Å². The lowest BCUT2D eigenvalue weighted by Gasteiger charge is -2.11. The molecule has 2 aromatic heterocycles. The maximum atomic E-state index is 11.6. The fraction of sp³-hybridized carbons (Fsp3) is 0.278. The van der Waals surface area contributed by atoms with E-state index < -0.39 is 0 Å². The minimum absolute atomic E-state index is 0.00325. The van der Waals surface area contributed by atoms with Crippen molar-refractivity contribution in [2.24, 2.45) is 0 Å². The van der Waals surface area contributed by atoms with Crippen LogP contribution in [0.3, 0.4) is 0 Å². The third-order valence-corrected chi connectivity index (χ3v) is 3.85. The number of aromatic nitrogens is 4. The molecule has 0 fully saturated rings. The van der Waals surface area contributed by atoms with Gasteiger partial charge in [0.1, 0.15) is 0 Å². The topological polar surface area (TPSA) is 64.7 Å². The summed E-state index contributed by atoms with van der Waals surface area (Å²) in [5.41, 5.74) is 1.93. The van der Waals surface area contributed by atoms with Gasteiger partial charge < -0.3 is 9.88 Å². The van der Waals surface area contributed by atoms with Crippen molar-refractivity contribution in [3.8, 4) is 17.3 Å². The van der Waals surface area contributed by atoms with E-state index in [0.29, 0.717) is 6.42 Å². The third-order valence-electron chi connectivity index (χ3n) is 3.85. The average molecular weight is 323 g/mol. The van der Waals surface area contributed by atoms with Gasteiger partial charge in [-0.2, -0.15) is 0 Å². The van der Waals surface area contributed by atoms with Crippen LogP contribution in [0.15, 0.2) is 49.1 Å². The summed E-state index contributed by atoms with van der Waals surface area (Å²) < 4.78 is 4.11. The van der Waals surface area contributed by atoms with Crippen LogP contribution in [0.5, 0.6) is 0 Å². The SMILES string of the molecule is CCCn1ccnc1-c1nccn1-c1cccc(CC(=O)NC)c1. The summed E-state index contributed by atoms with van der Waals surface area (Å²) in [5, 5.41) is 2.65. The van der Waals surface area contributed by atoms with E-state index in [1.54, 1.807) is 19.4 Å². The Morgan fingerprint density at radius 3 is 2.75 bits per heavy atom. The van der Waals surface area contributed by atoms with Crippen LogP contribution in [0.25, 0.3) is 17.3 Å². The Morgan fingerprint density at radius 2 is 1.96 bits per heavy atom. The van der Waals surface area contributed by atoms with Gasteiger partial charge in [0.05, 0.1) is 6.42 Å². The molecule has 3 aromatic rings. The number of amides is 1. The smallest absolute Gasteiger partial charge is 0.224 e. The van der Waals surface area contributed by atoms with Crippen molar-refractivity contribution in [1.82, 2.24) is 24.4 Å². The van der Waals surface area contributed by atoms with Gasteiger partial charge in [0, 0.05) is 44.1 Å². The van der Waals surface area contributed by atoms with Crippen molar-refractivity contribution in [2.75, 3.05) is 7.05 Å². The molecule has 0 aliphatic rings. The number of nitrogens with one attached hydrogen (secondary N) is 1. The van der Waals surface area contributed by atoms with E-state index >= 15 is 0 Å². The molecule has 0 aliphatic carbocycles. The average Bonchev–Trinajstić information content (AvgIpc) is 3.24. The number of aryl methyl sites for hydroxylation is 1. The second-order valence-corrected chi connectivity index (χ2v) is 5.58. The molecule has 0 unspecified atom stereocenters. The molecule has 0 atom stereocenters. The first-order valence-corrected chi connectivity index (χ1v) is 8.07. The van der Waals surface area contributed by atoms with E-state index in [-0.39, 0.29) is 5.91 Å². The molecule has 6 heteroatoms. The Kier molecular flexibility index (Phi) is 4.74. The summed E-state index contributed by atoms with van der Waals surface area (Å²) >= 11 is 0. The summed E-state index contributed by atoms with van der Waals surface area (Å²) in [7, 11) is 1.65. The number of carbonyl (C=O) groups is 1. The highest BCUT2D eigenvalue weighted by atomic mass is 16.1. The normalized spacial score (nSPS) is 10.8. The van der Waals surface area contributed by atoms with Gasteiger partial charge in [-0.05, 0) is 24.1 Å². The number of rotatable bonds is 6. The predicted octanol–water partition coefficient (Wildman–Crippen LogP) is 2.43. The molecule has 1 amide bonds. The lowest BCUT2D eigenvalue weighted by molar-refractivity contribution is -0.119. The molecule has 6 nitrogen and oxygen atoms in total. The van der Waals surface area contributed by atoms with Crippen molar-refractivity contribution >= 4 is 5.91 Å². The standard InChI is InChI=1S/C18H21N5O/c1-3-9-22-10-7-20-17(22)18-21-8-11-23(18)15-6-4-5-14(12-15)13-16(24)19-2/h4-8,10-12H,3,9,13H2,1-2H3,(H,19,24). The fourth-order valence-corrected chi connectivity index (χ4v) is 2.70. The van der Waals surface area contributed by atoms with Crippen molar-refractivity contribution in [2.45, 2.75) is 26.3 Å². The van der Waals surface area contributed by atoms with E-state index in [2.05, 4.69) is 26.8 Å². The Bertz CT molecular complexity index is 833. The Morgan fingerprint density at radius 1 is 1.17 bits per heavy atom. The third kappa shape index (κ3) is 3.22. The fourth-order valence-electron chi connectivity index (χ4n) is 2.70. The zero-order chi connectivity index (χ0) is 16.9. The maximum absolute atomic E-state index is 11.6. The highest BCUT2D eigenvalue weighted by Crippen LogP contribution is 2.21. The quantitative estimate of drug-likeness (QED) is 0.758. The molecule has 0 aliphatic heterocycles. The highest BCUT2D eigenvalue weighted by Gasteiger charge is 2.13. The van der Waals surface area contributed by atoms with Gasteiger partial charge in [0.25, 0.3) is 0 Å². The zero-order valence-electron chi connectivity index (χ0n) is 13.9. The summed E-state index contributed by atoms with van der Waals surface area (Å²) in [4.78, 5) is 20.6. The van der Waals surface area contributed by atoms with E-state index in [4.69, 9.17) is 0 Å². The van der Waals surface area contributed by atoms with Crippen LogP contribution < -0.4 is 5.32 Å². The van der Waals surface area contributed by atoms with E-state index in [1.165, 1.54) is 0 Å². The Labute approximate surface area is 141 Å². The molecular formula is C18H21N5O. The van der Waals surface area contributed by atoms with Gasteiger partial charge >= 0.3 is 0 Å². The van der Waals surface area contributed by atoms with E-state index in [1.807, 2.05) is 41.2 Å². The number of carbonyl (C=O) groups excluding carboxylic acids is 1. The van der Waals surface area contributed by atoms with Crippen molar-refractivity contribution in [3.05, 3.63) is 54.6 Å². The highest BCUT2D eigenvalue weighted by molar-refractivity contribution is 5.78. The Balaban J connectivity index is 1.97. The zero-order valence-corrected chi connectivity index (χ0v) is 13.9. The number of hydrogen-bond donors (Lipinski definition) is 1. The molecule has 124 valence electrons. The summed E-state index contributed by atoms with van der Waals surface area (Å²) in [6.07, 6.45) is 8.85. The van der Waals surface area contributed by atoms with Gasteiger partial charge in [0.15, 0.2) is 11.6 Å². The largest absolute Gasteiger partial charge is 0.359 e. The molecule has 3 rings (SSSR count). The first-order chi connectivity index (χ1) is 11.7. The minimum atomic E-state index is -0.00325. The molecule has 2 heterocycles. The summed E-state index contributed by atoms with van der Waals surface area (Å²) in [6.45, 7) is 3.04. The number of imidazole rings is 2. The van der Waals surface area contributed by atoms with Crippen LogP contribution in [-0.4, -0.2) is 32.1 Å². The number of hydrogen-bond acceptors (Lipinski definition) is 3. The summed E-state index contributed by atoms with van der Waals surface area (Å²) in [6, 6.07) is 7.92. The van der Waals surface area contributed by atoms with Crippen molar-refractivity contribution in [3.63, 3.8) is 0 Å². The molecular weight excluding hydrogens is 302 g/mol. The van der Waals surface area contributed by atoms with Gasteiger partial charge in [0.2, 0.25) is 5.91 Å². The molecule has 0 spiro atoms. The van der Waals surface area contributed by atoms with Crippen LogP contribution in [0.4, 0.5) is 0 Å². The molecule has 0 saturated carbocycles. The molecule has 24 heavy (non-hydrogen) atoms. The second kappa shape index (κ2) is 7.12. The molecule has 1 aromatic carbocycles. The van der Waals surface area contributed by atoms with Gasteiger partial charge in [-0.15, -0.1) is 0 Å². The number of nitrogens with zero attached hydrogens (tertiary/aromatic N) is 4. The molecule has 0 saturated heterocycles. The lowest BCUT2D eigenvalue weighted by Crippen LogP contribution is -2.19. The molecule has 0 radical (unpaired) electrons. The second-order valence-electron chi connectivity index (χ2n) is 5.58. The van der Waals surface area contributed by atoms with Crippen LogP contribution in [-0.2, 0) is 17.8 Å². The number of benzene rings is 1. The van der Waals surface area contributed by atoms with Crippen molar-refractivity contribution in [1.29, 1.82) is 0 Å². The van der Waals surface area contributed by atoms with Crippen LogP contribution >= 0.6 is 0 Å². The monoisotopic (exact) mass is 323 g/mol. The van der Waals surface area contributed by atoms with Crippen LogP contribution in [0, 0.1) is 0 Å². The van der Waals surface area contributed by atoms with Gasteiger partial charge in [-0.1, -0.05) is 19.1 Å². The van der Waals surface area contributed by atoms with Crippen LogP contribution in [0.1, 0.15) is 18.9 Å². The van der Waals surface area contributed by atoms with Gasteiger partial charge in [-0.25, -0.2) is 9.97 Å². The molecule has 1 N–H and O–H groups in total. The predicted molar refractivity (Wildman–Crippen MR) is 92.8 cm³/mol. The van der Waals surface area contributed by atoms with Crippen molar-refractivity contribution < 1.29 is 4.79 Å². The first-order valence-electron chi connectivity index (χ1n) is 8.07. The van der Waals surface area contributed by atoms with Crippen LogP contribution in [0.2, 0.25) is 0 Å². The van der Waals surface area contributed by atoms with E-state index in [9.17, 15) is 4.79 Å². The first kappa shape index (κ1) is 16.0. The maximum Gasteiger partial charge on any atom is 0.224 e. The minimum Gasteiger partial charge on any atom is -0.359 e.